The summed E-state index contributed by atoms with van der Waals surface area (Å²) in [6, 6.07) is 6.94. The third-order valence-corrected chi connectivity index (χ3v) is 7.16. The summed E-state index contributed by atoms with van der Waals surface area (Å²) in [5, 5.41) is 18.5. The van der Waals surface area contributed by atoms with Crippen molar-refractivity contribution in [2.24, 2.45) is 4.36 Å². The van der Waals surface area contributed by atoms with Crippen molar-refractivity contribution < 1.29 is 0 Å². The molecule has 5 rings (SSSR count). The molecule has 0 N–H and O–H groups in total. The summed E-state index contributed by atoms with van der Waals surface area (Å²) in [5.74, 6) is 5.14. The zero-order valence-corrected chi connectivity index (χ0v) is 22.0. The second kappa shape index (κ2) is 9.39. The average Bonchev–Trinajstić information content (AvgIpc) is 3.51. The van der Waals surface area contributed by atoms with Crippen LogP contribution < -0.4 is 4.90 Å². The van der Waals surface area contributed by atoms with Crippen molar-refractivity contribution in [2.75, 3.05) is 30.5 Å². The van der Waals surface area contributed by atoms with E-state index in [9.17, 15) is 5.26 Å². The number of aromatic nitrogens is 6. The minimum absolute atomic E-state index is 0.249. The van der Waals surface area contributed by atoms with Gasteiger partial charge in [-0.15, -0.1) is 9.41 Å². The number of anilines is 1. The lowest BCUT2D eigenvalue weighted by molar-refractivity contribution is 0.504. The molecule has 4 aromatic rings. The lowest BCUT2D eigenvalue weighted by Crippen LogP contribution is -2.36. The summed E-state index contributed by atoms with van der Waals surface area (Å²) in [7, 11) is -1.09. The minimum atomic E-state index is -1.09. The number of pyridine rings is 1. The third-order valence-electron chi connectivity index (χ3n) is 6.29. The normalized spacial score (nSPS) is 14.9. The van der Waals surface area contributed by atoms with Crippen molar-refractivity contribution in [3.8, 4) is 28.6 Å². The zero-order valence-electron chi connectivity index (χ0n) is 21.2. The van der Waals surface area contributed by atoms with Crippen LogP contribution in [0.2, 0.25) is 0 Å². The van der Waals surface area contributed by atoms with Crippen LogP contribution in [-0.2, 0) is 9.41 Å². The van der Waals surface area contributed by atoms with E-state index in [1.54, 1.807) is 16.9 Å². The molecule has 186 valence electrons. The summed E-state index contributed by atoms with van der Waals surface area (Å²) in [6.07, 6.45) is 15.3. The molecule has 1 aliphatic heterocycles. The van der Waals surface area contributed by atoms with Crippen LogP contribution in [0.25, 0.3) is 28.0 Å². The first kappa shape index (κ1) is 24.0. The first-order valence-electron chi connectivity index (χ1n) is 12.0. The van der Waals surface area contributed by atoms with Gasteiger partial charge in [-0.3, -0.25) is 9.04 Å². The van der Waals surface area contributed by atoms with E-state index in [-0.39, 0.29) is 6.04 Å². The number of hydrogen-bond donors (Lipinski definition) is 0. The van der Waals surface area contributed by atoms with Crippen molar-refractivity contribution in [3.05, 3.63) is 48.7 Å². The topological polar surface area (TPSA) is 100 Å². The Morgan fingerprint density at radius 2 is 1.86 bits per heavy atom. The van der Waals surface area contributed by atoms with Crippen LogP contribution in [0.15, 0.2) is 47.5 Å². The molecule has 0 atom stereocenters. The van der Waals surface area contributed by atoms with Gasteiger partial charge in [0.2, 0.25) is 0 Å². The van der Waals surface area contributed by atoms with Gasteiger partial charge < -0.3 is 4.90 Å². The number of hydrogen-bond acceptors (Lipinski definition) is 7. The Morgan fingerprint density at radius 1 is 1.08 bits per heavy atom. The first-order chi connectivity index (χ1) is 17.2. The molecule has 0 bridgehead atoms. The van der Waals surface area contributed by atoms with Crippen molar-refractivity contribution in [1.29, 1.82) is 5.26 Å². The van der Waals surface area contributed by atoms with Crippen LogP contribution in [0.1, 0.15) is 38.3 Å². The van der Waals surface area contributed by atoms with Crippen LogP contribution in [0, 0.1) is 11.3 Å². The molecule has 4 aromatic heterocycles. The Kier molecular flexibility index (Phi) is 6.26. The minimum Gasteiger partial charge on any atom is -0.356 e. The molecule has 0 unspecified atom stereocenters. The fourth-order valence-corrected chi connectivity index (χ4v) is 5.52. The molecule has 0 aromatic carbocycles. The van der Waals surface area contributed by atoms with Crippen LogP contribution in [0.5, 0.6) is 0 Å². The van der Waals surface area contributed by atoms with Crippen molar-refractivity contribution in [3.63, 3.8) is 0 Å². The highest BCUT2D eigenvalue weighted by Gasteiger charge is 2.21. The van der Waals surface area contributed by atoms with E-state index in [1.807, 2.05) is 35.4 Å². The van der Waals surface area contributed by atoms with Crippen molar-refractivity contribution >= 4 is 26.6 Å². The van der Waals surface area contributed by atoms with Gasteiger partial charge in [0, 0.05) is 42.7 Å². The van der Waals surface area contributed by atoms with E-state index in [0.717, 1.165) is 48.6 Å². The van der Waals surface area contributed by atoms with Crippen molar-refractivity contribution in [2.45, 2.75) is 38.8 Å². The fourth-order valence-electron chi connectivity index (χ4n) is 4.51. The molecule has 1 fully saturated rings. The number of nitriles is 1. The van der Waals surface area contributed by atoms with Gasteiger partial charge in [0.05, 0.1) is 36.0 Å². The number of nitrogens with zero attached hydrogens (tertiary/aromatic N) is 9. The van der Waals surface area contributed by atoms with E-state index in [4.69, 9.17) is 14.3 Å². The molecule has 5 heterocycles. The monoisotopic (exact) mass is 501 g/mol. The maximum absolute atomic E-state index is 9.68. The summed E-state index contributed by atoms with van der Waals surface area (Å²) in [4.78, 5) is 12.0. The first-order valence-corrected chi connectivity index (χ1v) is 14.6. The van der Waals surface area contributed by atoms with Gasteiger partial charge in [0.15, 0.2) is 0 Å². The molecule has 0 saturated carbocycles. The van der Waals surface area contributed by atoms with E-state index >= 15 is 0 Å². The molecular weight excluding hydrogens is 470 g/mol. The highest BCUT2D eigenvalue weighted by molar-refractivity contribution is 8.01. The van der Waals surface area contributed by atoms with Gasteiger partial charge in [-0.1, -0.05) is 5.87 Å². The smallest absolute Gasteiger partial charge is 0.128 e. The molecular formula is C26H31N9S. The lowest BCUT2D eigenvalue weighted by atomic mass is 10.1. The Balaban J connectivity index is 1.47. The number of rotatable bonds is 5. The second-order valence-electron chi connectivity index (χ2n) is 9.95. The molecule has 36 heavy (non-hydrogen) atoms. The SMILES string of the molecule is C=S(C)(C)=NC1CCN(c2ccc(-c3nc(-c4cnn(C(C)C)c4)cn4ncc(C#N)c34)cn2)CC1. The van der Waals surface area contributed by atoms with E-state index in [0.29, 0.717) is 22.8 Å². The van der Waals surface area contributed by atoms with E-state index < -0.39 is 9.41 Å². The Labute approximate surface area is 212 Å². The summed E-state index contributed by atoms with van der Waals surface area (Å²) >= 11 is 0. The van der Waals surface area contributed by atoms with Gasteiger partial charge in [-0.05, 0) is 51.3 Å². The van der Waals surface area contributed by atoms with Crippen molar-refractivity contribution in [1.82, 2.24) is 29.4 Å². The maximum atomic E-state index is 9.68. The third kappa shape index (κ3) is 4.84. The molecule has 0 spiro atoms. The van der Waals surface area contributed by atoms with Crippen LogP contribution in [-0.4, -0.2) is 66.9 Å². The van der Waals surface area contributed by atoms with Gasteiger partial charge in [-0.2, -0.15) is 15.5 Å². The molecule has 0 amide bonds. The predicted molar refractivity (Wildman–Crippen MR) is 147 cm³/mol. The summed E-state index contributed by atoms with van der Waals surface area (Å²) in [6.45, 7) is 6.02. The molecule has 10 heteroatoms. The predicted octanol–water partition coefficient (Wildman–Crippen LogP) is 4.11. The van der Waals surface area contributed by atoms with Gasteiger partial charge in [0.1, 0.15) is 23.0 Å². The molecule has 1 saturated heterocycles. The lowest BCUT2D eigenvalue weighted by Gasteiger charge is -2.31. The molecule has 9 nitrogen and oxygen atoms in total. The van der Waals surface area contributed by atoms with E-state index in [2.05, 4.69) is 53.4 Å². The fraction of sp³-hybridized carbons (Fsp3) is 0.385. The van der Waals surface area contributed by atoms with Crippen LogP contribution >= 0.6 is 0 Å². The maximum Gasteiger partial charge on any atom is 0.128 e. The Hall–Kier alpha value is -3.71. The number of piperidine rings is 1. The molecule has 1 aliphatic rings. The standard InChI is InChI=1S/C26H31N9S/c1-18(2)34-16-21(15-29-34)23-17-35-26(20(12-27)14-30-35)25(31-23)19-6-7-24(28-13-19)33-10-8-22(9-11-33)32-36(3,4)5/h6-7,13-18,22H,3,8-11H2,1-2,4-5H3. The zero-order chi connectivity index (χ0) is 25.4. The van der Waals surface area contributed by atoms with Gasteiger partial charge in [0.25, 0.3) is 0 Å². The van der Waals surface area contributed by atoms with Gasteiger partial charge in [-0.25, -0.2) is 14.5 Å². The second-order valence-corrected chi connectivity index (χ2v) is 13.1. The molecule has 0 aliphatic carbocycles. The Bertz CT molecular complexity index is 1550. The average molecular weight is 502 g/mol. The Morgan fingerprint density at radius 3 is 2.47 bits per heavy atom. The molecule has 0 radical (unpaired) electrons. The number of fused-ring (bicyclic) bond motifs is 1. The van der Waals surface area contributed by atoms with Crippen LogP contribution in [0.4, 0.5) is 5.82 Å². The van der Waals surface area contributed by atoms with E-state index in [1.165, 1.54) is 0 Å². The summed E-state index contributed by atoms with van der Waals surface area (Å²) in [5.41, 5.74) is 4.30. The summed E-state index contributed by atoms with van der Waals surface area (Å²) < 4.78 is 8.53. The van der Waals surface area contributed by atoms with Gasteiger partial charge >= 0.3 is 0 Å². The highest BCUT2D eigenvalue weighted by atomic mass is 32.2. The van der Waals surface area contributed by atoms with Crippen LogP contribution in [0.3, 0.4) is 0 Å². The highest BCUT2D eigenvalue weighted by Crippen LogP contribution is 2.30. The quantitative estimate of drug-likeness (QED) is 0.382. The largest absolute Gasteiger partial charge is 0.356 e.